The third-order valence-corrected chi connectivity index (χ3v) is 9.05. The second kappa shape index (κ2) is 9.99. The molecule has 47 heavy (non-hydrogen) atoms. The van der Waals surface area contributed by atoms with Crippen molar-refractivity contribution in [2.45, 2.75) is 33.1 Å². The lowest BCUT2D eigenvalue weighted by atomic mass is 9.81. The number of fused-ring (bicyclic) bond motifs is 5. The molecule has 8 heteroatoms. The lowest BCUT2D eigenvalue weighted by molar-refractivity contribution is 0.616. The monoisotopic (exact) mass is 612 g/mol. The van der Waals surface area contributed by atoms with Crippen molar-refractivity contribution in [3.8, 4) is 56.6 Å². The topological polar surface area (TPSA) is 104 Å². The van der Waals surface area contributed by atoms with Gasteiger partial charge in [0.15, 0.2) is 22.5 Å². The molecule has 9 rings (SSSR count). The molecule has 0 saturated heterocycles. The first-order valence-corrected chi connectivity index (χ1v) is 15.5. The highest BCUT2D eigenvalue weighted by molar-refractivity contribution is 5.87. The minimum Gasteiger partial charge on any atom is -0.433 e. The van der Waals surface area contributed by atoms with Gasteiger partial charge >= 0.3 is 0 Å². The van der Waals surface area contributed by atoms with Crippen LogP contribution in [0.25, 0.3) is 79.0 Å². The summed E-state index contributed by atoms with van der Waals surface area (Å²) in [6, 6.07) is 28.9. The highest BCUT2D eigenvalue weighted by Crippen LogP contribution is 2.50. The second-order valence-corrected chi connectivity index (χ2v) is 12.6. The van der Waals surface area contributed by atoms with Crippen molar-refractivity contribution >= 4 is 22.5 Å². The quantitative estimate of drug-likeness (QED) is 0.194. The van der Waals surface area contributed by atoms with Gasteiger partial charge in [-0.3, -0.25) is 0 Å². The van der Waals surface area contributed by atoms with Gasteiger partial charge in [0.1, 0.15) is 11.4 Å². The van der Waals surface area contributed by atoms with Crippen LogP contribution >= 0.6 is 0 Å². The molecule has 1 aliphatic rings. The van der Waals surface area contributed by atoms with E-state index in [9.17, 15) is 0 Å². The fraction of sp³-hybridized carbons (Fsp3) is 0.128. The standard InChI is InChI=1S/C39H28N6O2/c1-21-7-5-9-31(42-21)37-44-35-33(46-37)17-25(19-40-35)23-11-13-27-28-14-12-24(16-30(28)39(3,4)29(27)15-23)26-18-34-36(41-20-26)45-38(47-34)32-10-6-8-22(2)43-32/h5-20H,1-4H3. The van der Waals surface area contributed by atoms with Crippen LogP contribution in [0.1, 0.15) is 36.4 Å². The molecule has 0 aliphatic heterocycles. The van der Waals surface area contributed by atoms with Crippen LogP contribution in [0.15, 0.2) is 106 Å². The SMILES string of the molecule is Cc1cccc(-c2nc3ncc(-c4ccc5c(c4)C(C)(C)c4cc(-c6cnc7nc(-c8cccc(C)n8)oc7c6)ccc4-5)cc3o2)n1. The Morgan fingerprint density at radius 1 is 0.511 bits per heavy atom. The first-order valence-electron chi connectivity index (χ1n) is 15.5. The van der Waals surface area contributed by atoms with E-state index < -0.39 is 0 Å². The number of hydrogen-bond donors (Lipinski definition) is 0. The predicted octanol–water partition coefficient (Wildman–Crippen LogP) is 9.14. The normalized spacial score (nSPS) is 13.3. The molecule has 0 N–H and O–H groups in total. The van der Waals surface area contributed by atoms with Gasteiger partial charge in [0.25, 0.3) is 0 Å². The third-order valence-electron chi connectivity index (χ3n) is 9.05. The number of pyridine rings is 4. The Morgan fingerprint density at radius 2 is 0.979 bits per heavy atom. The summed E-state index contributed by atoms with van der Waals surface area (Å²) >= 11 is 0. The van der Waals surface area contributed by atoms with Gasteiger partial charge in [0.05, 0.1) is 0 Å². The lowest BCUT2D eigenvalue weighted by Crippen LogP contribution is -2.15. The van der Waals surface area contributed by atoms with E-state index in [0.29, 0.717) is 45.6 Å². The average molecular weight is 613 g/mol. The molecule has 8 nitrogen and oxygen atoms in total. The number of aromatic nitrogens is 6. The lowest BCUT2D eigenvalue weighted by Gasteiger charge is -2.22. The Morgan fingerprint density at radius 3 is 1.43 bits per heavy atom. The summed E-state index contributed by atoms with van der Waals surface area (Å²) in [6.07, 6.45) is 3.72. The average Bonchev–Trinajstić information content (AvgIpc) is 3.77. The maximum Gasteiger partial charge on any atom is 0.247 e. The van der Waals surface area contributed by atoms with Gasteiger partial charge < -0.3 is 8.83 Å². The summed E-state index contributed by atoms with van der Waals surface area (Å²) in [7, 11) is 0. The predicted molar refractivity (Wildman–Crippen MR) is 182 cm³/mol. The second-order valence-electron chi connectivity index (χ2n) is 12.6. The summed E-state index contributed by atoms with van der Waals surface area (Å²) in [6.45, 7) is 8.46. The van der Waals surface area contributed by atoms with E-state index in [1.165, 1.54) is 22.3 Å². The fourth-order valence-electron chi connectivity index (χ4n) is 6.59. The molecule has 6 aromatic heterocycles. The number of rotatable bonds is 4. The maximum atomic E-state index is 6.11. The van der Waals surface area contributed by atoms with Crippen LogP contribution in [-0.4, -0.2) is 29.9 Å². The van der Waals surface area contributed by atoms with Gasteiger partial charge in [0, 0.05) is 40.3 Å². The summed E-state index contributed by atoms with van der Waals surface area (Å²) in [4.78, 5) is 27.5. The van der Waals surface area contributed by atoms with Crippen LogP contribution in [0.2, 0.25) is 0 Å². The van der Waals surface area contributed by atoms with Crippen molar-refractivity contribution < 1.29 is 8.83 Å². The van der Waals surface area contributed by atoms with Crippen LogP contribution in [-0.2, 0) is 5.41 Å². The molecular weight excluding hydrogens is 584 g/mol. The van der Waals surface area contributed by atoms with Crippen LogP contribution in [0, 0.1) is 13.8 Å². The van der Waals surface area contributed by atoms with Gasteiger partial charge in [-0.15, -0.1) is 0 Å². The molecular formula is C39H28N6O2. The van der Waals surface area contributed by atoms with Crippen LogP contribution in [0.5, 0.6) is 0 Å². The van der Waals surface area contributed by atoms with Crippen LogP contribution < -0.4 is 0 Å². The molecule has 0 radical (unpaired) electrons. The summed E-state index contributed by atoms with van der Waals surface area (Å²) in [5.74, 6) is 0.937. The Bertz CT molecular complexity index is 2370. The van der Waals surface area contributed by atoms with Crippen molar-refractivity contribution in [3.05, 3.63) is 120 Å². The van der Waals surface area contributed by atoms with Crippen molar-refractivity contribution in [1.82, 2.24) is 29.9 Å². The zero-order valence-electron chi connectivity index (χ0n) is 26.2. The largest absolute Gasteiger partial charge is 0.433 e. The van der Waals surface area contributed by atoms with E-state index in [0.717, 1.165) is 33.6 Å². The molecule has 0 bridgehead atoms. The summed E-state index contributed by atoms with van der Waals surface area (Å²) in [5, 5.41) is 0. The van der Waals surface area contributed by atoms with Gasteiger partial charge in [-0.05, 0) is 95.8 Å². The van der Waals surface area contributed by atoms with Gasteiger partial charge in [0.2, 0.25) is 11.8 Å². The molecule has 0 saturated carbocycles. The van der Waals surface area contributed by atoms with Crippen molar-refractivity contribution in [3.63, 3.8) is 0 Å². The number of hydrogen-bond acceptors (Lipinski definition) is 8. The smallest absolute Gasteiger partial charge is 0.247 e. The van der Waals surface area contributed by atoms with E-state index in [4.69, 9.17) is 8.83 Å². The van der Waals surface area contributed by atoms with Crippen molar-refractivity contribution in [1.29, 1.82) is 0 Å². The molecule has 226 valence electrons. The highest BCUT2D eigenvalue weighted by Gasteiger charge is 2.36. The molecule has 8 aromatic rings. The Balaban J connectivity index is 1.05. The molecule has 0 spiro atoms. The number of aryl methyl sites for hydroxylation is 2. The first-order chi connectivity index (χ1) is 22.8. The minimum absolute atomic E-state index is 0.224. The number of benzene rings is 2. The van der Waals surface area contributed by atoms with E-state index in [1.807, 2.05) is 74.8 Å². The molecule has 6 heterocycles. The Kier molecular flexibility index (Phi) is 5.80. The van der Waals surface area contributed by atoms with E-state index in [2.05, 4.69) is 80.1 Å². The van der Waals surface area contributed by atoms with Crippen molar-refractivity contribution in [2.24, 2.45) is 0 Å². The first kappa shape index (κ1) is 27.3. The molecule has 0 amide bonds. The van der Waals surface area contributed by atoms with Crippen LogP contribution in [0.4, 0.5) is 0 Å². The van der Waals surface area contributed by atoms with E-state index in [1.54, 1.807) is 0 Å². The maximum absolute atomic E-state index is 6.11. The summed E-state index contributed by atoms with van der Waals surface area (Å²) in [5.41, 5.74) is 14.5. The van der Waals surface area contributed by atoms with Gasteiger partial charge in [-0.25, -0.2) is 19.9 Å². The fourth-order valence-corrected chi connectivity index (χ4v) is 6.59. The zero-order chi connectivity index (χ0) is 31.9. The van der Waals surface area contributed by atoms with Gasteiger partial charge in [-0.1, -0.05) is 50.2 Å². The molecule has 0 unspecified atom stereocenters. The zero-order valence-corrected chi connectivity index (χ0v) is 26.2. The molecule has 1 aliphatic carbocycles. The minimum atomic E-state index is -0.224. The van der Waals surface area contributed by atoms with Crippen molar-refractivity contribution in [2.75, 3.05) is 0 Å². The molecule has 0 fully saturated rings. The van der Waals surface area contributed by atoms with Gasteiger partial charge in [-0.2, -0.15) is 9.97 Å². The number of nitrogens with zero attached hydrogens (tertiary/aromatic N) is 6. The highest BCUT2D eigenvalue weighted by atomic mass is 16.4. The van der Waals surface area contributed by atoms with Crippen LogP contribution in [0.3, 0.4) is 0 Å². The van der Waals surface area contributed by atoms with E-state index in [-0.39, 0.29) is 5.41 Å². The molecule has 0 atom stereocenters. The number of oxazole rings is 2. The van der Waals surface area contributed by atoms with E-state index >= 15 is 0 Å². The third kappa shape index (κ3) is 4.44. The Labute approximate surface area is 270 Å². The Hall–Kier alpha value is -6.02. The summed E-state index contributed by atoms with van der Waals surface area (Å²) < 4.78 is 12.2. The molecule has 2 aromatic carbocycles.